The van der Waals surface area contributed by atoms with E-state index in [4.69, 9.17) is 4.74 Å². The molecule has 0 amide bonds. The molecule has 0 aliphatic rings. The predicted molar refractivity (Wildman–Crippen MR) is 90.5 cm³/mol. The van der Waals surface area contributed by atoms with E-state index in [9.17, 15) is 4.79 Å². The quantitative estimate of drug-likeness (QED) is 0.543. The van der Waals surface area contributed by atoms with Gasteiger partial charge in [0.15, 0.2) is 0 Å². The number of ether oxygens (including phenoxy) is 1. The minimum absolute atomic E-state index is 0.395. The van der Waals surface area contributed by atoms with Crippen LogP contribution in [0.5, 0.6) is 5.75 Å². The molecular weight excluding hydrogens is 292 g/mol. The molecule has 0 radical (unpaired) electrons. The lowest BCUT2D eigenvalue weighted by Gasteiger charge is -2.09. The molecule has 0 aliphatic carbocycles. The lowest BCUT2D eigenvalue weighted by molar-refractivity contribution is 0.415. The number of hydrogen-bond acceptors (Lipinski definition) is 4. The van der Waals surface area contributed by atoms with Crippen molar-refractivity contribution < 1.29 is 4.74 Å². The van der Waals surface area contributed by atoms with Gasteiger partial charge in [0.25, 0.3) is 0 Å². The Balaban J connectivity index is 1.84. The van der Waals surface area contributed by atoms with Crippen LogP contribution < -0.4 is 15.7 Å². The van der Waals surface area contributed by atoms with Crippen molar-refractivity contribution in [1.29, 1.82) is 0 Å². The molecule has 0 spiro atoms. The van der Waals surface area contributed by atoms with Gasteiger partial charge in [-0.3, -0.25) is 0 Å². The van der Waals surface area contributed by atoms with Crippen LogP contribution >= 0.6 is 0 Å². The first-order valence-corrected chi connectivity index (χ1v) is 7.15. The van der Waals surface area contributed by atoms with Gasteiger partial charge in [0, 0.05) is 28.2 Å². The molecule has 0 atom stereocenters. The lowest BCUT2D eigenvalue weighted by atomic mass is 10.2. The minimum Gasteiger partial charge on any atom is -0.497 e. The summed E-state index contributed by atoms with van der Waals surface area (Å²) in [5, 5.41) is 5.10. The highest BCUT2D eigenvalue weighted by atomic mass is 16.5. The van der Waals surface area contributed by atoms with Gasteiger partial charge >= 0.3 is 5.69 Å². The first kappa shape index (κ1) is 13.4. The zero-order valence-corrected chi connectivity index (χ0v) is 12.4. The molecule has 2 aromatic heterocycles. The van der Waals surface area contributed by atoms with E-state index in [0.717, 1.165) is 22.0 Å². The number of benzene rings is 2. The molecule has 0 unspecified atom stereocenters. The summed E-state index contributed by atoms with van der Waals surface area (Å²) in [6, 6.07) is 13.4. The molecule has 2 aromatic carbocycles. The number of H-pyrrole nitrogens is 2. The van der Waals surface area contributed by atoms with Gasteiger partial charge in [0.2, 0.25) is 0 Å². The Hall–Kier alpha value is -3.28. The fraction of sp³-hybridized carbons (Fsp3) is 0.0588. The number of fused-ring (bicyclic) bond motifs is 2. The summed E-state index contributed by atoms with van der Waals surface area (Å²) in [6.45, 7) is 0. The maximum absolute atomic E-state index is 11.8. The number of hydrogen-bond donors (Lipinski definition) is 3. The monoisotopic (exact) mass is 306 g/mol. The van der Waals surface area contributed by atoms with E-state index in [0.29, 0.717) is 17.1 Å². The number of methoxy groups -OCH3 is 1. The van der Waals surface area contributed by atoms with Gasteiger partial charge < -0.3 is 20.0 Å². The van der Waals surface area contributed by atoms with Gasteiger partial charge in [-0.15, -0.1) is 0 Å². The largest absolute Gasteiger partial charge is 0.497 e. The first-order valence-electron chi connectivity index (χ1n) is 7.15. The molecule has 4 rings (SSSR count). The Labute approximate surface area is 131 Å². The molecule has 4 aromatic rings. The number of aromatic amines is 2. The van der Waals surface area contributed by atoms with Gasteiger partial charge in [-0.2, -0.15) is 4.98 Å². The van der Waals surface area contributed by atoms with Crippen molar-refractivity contribution in [3.8, 4) is 5.75 Å². The maximum Gasteiger partial charge on any atom is 0.347 e. The van der Waals surface area contributed by atoms with E-state index in [1.807, 2.05) is 36.5 Å². The summed E-state index contributed by atoms with van der Waals surface area (Å²) in [4.78, 5) is 21.7. The van der Waals surface area contributed by atoms with Crippen molar-refractivity contribution in [1.82, 2.24) is 15.0 Å². The molecule has 0 aliphatic heterocycles. The summed E-state index contributed by atoms with van der Waals surface area (Å²) in [7, 11) is 1.60. The van der Waals surface area contributed by atoms with E-state index in [-0.39, 0.29) is 0 Å². The molecule has 0 fully saturated rings. The topological polar surface area (TPSA) is 82.8 Å². The van der Waals surface area contributed by atoms with E-state index in [2.05, 4.69) is 20.3 Å². The number of nitrogens with zero attached hydrogens (tertiary/aromatic N) is 1. The molecule has 6 nitrogen and oxygen atoms in total. The Bertz CT molecular complexity index is 1070. The third-order valence-corrected chi connectivity index (χ3v) is 3.75. The third kappa shape index (κ3) is 2.40. The molecule has 114 valence electrons. The summed E-state index contributed by atoms with van der Waals surface area (Å²) < 4.78 is 5.25. The van der Waals surface area contributed by atoms with Crippen LogP contribution in [0.1, 0.15) is 0 Å². The second-order valence-electron chi connectivity index (χ2n) is 5.21. The van der Waals surface area contributed by atoms with Crippen LogP contribution in [0.3, 0.4) is 0 Å². The van der Waals surface area contributed by atoms with Gasteiger partial charge in [0.05, 0.1) is 12.6 Å². The Kier molecular flexibility index (Phi) is 3.01. The molecule has 0 saturated carbocycles. The Morgan fingerprint density at radius 3 is 2.83 bits per heavy atom. The van der Waals surface area contributed by atoms with Crippen molar-refractivity contribution in [3.05, 3.63) is 59.1 Å². The average molecular weight is 306 g/mol. The molecule has 6 heteroatoms. The van der Waals surface area contributed by atoms with Gasteiger partial charge in [-0.05, 0) is 42.5 Å². The zero-order valence-electron chi connectivity index (χ0n) is 12.4. The summed E-state index contributed by atoms with van der Waals surface area (Å²) in [5.41, 5.74) is 2.23. The molecular formula is C17H14N4O2. The summed E-state index contributed by atoms with van der Waals surface area (Å²) in [5.74, 6) is 1.20. The van der Waals surface area contributed by atoms with Gasteiger partial charge in [-0.1, -0.05) is 0 Å². The third-order valence-electron chi connectivity index (χ3n) is 3.75. The summed E-state index contributed by atoms with van der Waals surface area (Å²) >= 11 is 0. The van der Waals surface area contributed by atoms with Crippen LogP contribution in [-0.4, -0.2) is 22.1 Å². The lowest BCUT2D eigenvalue weighted by Crippen LogP contribution is -2.12. The fourth-order valence-corrected chi connectivity index (χ4v) is 2.62. The number of anilines is 2. The van der Waals surface area contributed by atoms with Crippen LogP contribution in [0.2, 0.25) is 0 Å². The highest BCUT2D eigenvalue weighted by molar-refractivity contribution is 5.92. The molecule has 3 N–H and O–H groups in total. The van der Waals surface area contributed by atoms with Crippen molar-refractivity contribution in [2.45, 2.75) is 0 Å². The SMILES string of the molecule is COc1ccc2[nH]c(=O)nc(Nc3ccc4[nH]ccc4c3)c2c1. The number of nitrogens with one attached hydrogen (secondary N) is 3. The molecule has 2 heterocycles. The predicted octanol–water partition coefficient (Wildman–Crippen LogP) is 3.16. The normalized spacial score (nSPS) is 11.0. The number of rotatable bonds is 3. The second kappa shape index (κ2) is 5.17. The standard InChI is InChI=1S/C17H14N4O2/c1-23-12-3-5-15-13(9-12)16(21-17(22)20-15)19-11-2-4-14-10(8-11)6-7-18-14/h2-9,18H,1H3,(H2,19,20,21,22). The highest BCUT2D eigenvalue weighted by Gasteiger charge is 2.08. The Morgan fingerprint density at radius 1 is 1.09 bits per heavy atom. The van der Waals surface area contributed by atoms with E-state index in [1.54, 1.807) is 19.2 Å². The van der Waals surface area contributed by atoms with Gasteiger partial charge in [0.1, 0.15) is 11.6 Å². The van der Waals surface area contributed by atoms with Crippen LogP contribution in [-0.2, 0) is 0 Å². The van der Waals surface area contributed by atoms with Crippen LogP contribution in [0.25, 0.3) is 21.8 Å². The van der Waals surface area contributed by atoms with Crippen molar-refractivity contribution in [2.24, 2.45) is 0 Å². The summed E-state index contributed by atoms with van der Waals surface area (Å²) in [6.07, 6.45) is 1.89. The molecule has 0 saturated heterocycles. The van der Waals surface area contributed by atoms with Crippen molar-refractivity contribution in [2.75, 3.05) is 12.4 Å². The average Bonchev–Trinajstić information content (AvgIpc) is 3.02. The van der Waals surface area contributed by atoms with Crippen LogP contribution in [0, 0.1) is 0 Å². The van der Waals surface area contributed by atoms with E-state index in [1.165, 1.54) is 0 Å². The smallest absolute Gasteiger partial charge is 0.347 e. The van der Waals surface area contributed by atoms with E-state index >= 15 is 0 Å². The maximum atomic E-state index is 11.8. The Morgan fingerprint density at radius 2 is 1.96 bits per heavy atom. The first-order chi connectivity index (χ1) is 11.2. The second-order valence-corrected chi connectivity index (χ2v) is 5.21. The highest BCUT2D eigenvalue weighted by Crippen LogP contribution is 2.27. The zero-order chi connectivity index (χ0) is 15.8. The van der Waals surface area contributed by atoms with Crippen molar-refractivity contribution >= 4 is 33.3 Å². The van der Waals surface area contributed by atoms with Gasteiger partial charge in [-0.25, -0.2) is 4.79 Å². The fourth-order valence-electron chi connectivity index (χ4n) is 2.62. The molecule has 0 bridgehead atoms. The van der Waals surface area contributed by atoms with E-state index < -0.39 is 5.69 Å². The minimum atomic E-state index is -0.395. The van der Waals surface area contributed by atoms with Crippen molar-refractivity contribution in [3.63, 3.8) is 0 Å². The molecule has 23 heavy (non-hydrogen) atoms. The van der Waals surface area contributed by atoms with Crippen LogP contribution in [0.4, 0.5) is 11.5 Å². The van der Waals surface area contributed by atoms with Crippen LogP contribution in [0.15, 0.2) is 53.5 Å². The number of aromatic nitrogens is 3.